The van der Waals surface area contributed by atoms with Crippen LogP contribution in [0.4, 0.5) is 5.69 Å². The van der Waals surface area contributed by atoms with Gasteiger partial charge in [0.05, 0.1) is 30.1 Å². The van der Waals surface area contributed by atoms with E-state index in [-0.39, 0.29) is 17.7 Å². The van der Waals surface area contributed by atoms with Gasteiger partial charge in [0.25, 0.3) is 11.5 Å². The first kappa shape index (κ1) is 29.4. The molecule has 0 spiro atoms. The van der Waals surface area contributed by atoms with Crippen LogP contribution in [0.1, 0.15) is 52.7 Å². The molecule has 2 atom stereocenters. The highest BCUT2D eigenvalue weighted by molar-refractivity contribution is 6.36. The second-order valence-electron chi connectivity index (χ2n) is 10.6. The molecule has 4 aromatic rings. The number of hydrogen-bond donors (Lipinski definition) is 4. The van der Waals surface area contributed by atoms with Crippen LogP contribution in [-0.4, -0.2) is 45.5 Å². The van der Waals surface area contributed by atoms with Crippen LogP contribution in [0.3, 0.4) is 0 Å². The third kappa shape index (κ3) is 6.09. The predicted octanol–water partition coefficient (Wildman–Crippen LogP) is 5.42. The molecule has 1 fully saturated rings. The molecule has 0 aliphatic heterocycles. The fourth-order valence-corrected chi connectivity index (χ4v) is 5.80. The summed E-state index contributed by atoms with van der Waals surface area (Å²) in [5, 5.41) is 23.2. The van der Waals surface area contributed by atoms with Crippen LogP contribution in [0, 0.1) is 13.8 Å². The maximum atomic E-state index is 13.0. The van der Waals surface area contributed by atoms with Crippen molar-refractivity contribution in [2.75, 3.05) is 12.4 Å². The lowest BCUT2D eigenvalue weighted by molar-refractivity contribution is 0.0901. The van der Waals surface area contributed by atoms with Crippen LogP contribution in [0.15, 0.2) is 59.5 Å². The molecule has 9 nitrogen and oxygen atoms in total. The Morgan fingerprint density at radius 2 is 1.81 bits per heavy atom. The Kier molecular flexibility index (Phi) is 9.01. The van der Waals surface area contributed by atoms with E-state index < -0.39 is 11.5 Å². The number of hydrogen-bond acceptors (Lipinski definition) is 7. The Labute approximate surface area is 249 Å². The van der Waals surface area contributed by atoms with Crippen molar-refractivity contribution in [1.29, 1.82) is 0 Å². The molecular weight excluding hydrogens is 554 g/mol. The molecule has 0 radical (unpaired) electrons. The number of nitrogens with one attached hydrogen (secondary N) is 3. The monoisotopic (exact) mass is 587 g/mol. The normalized spacial score (nSPS) is 16.7. The lowest BCUT2D eigenvalue weighted by Gasteiger charge is -2.28. The summed E-state index contributed by atoms with van der Waals surface area (Å²) in [6.45, 7) is 4.09. The van der Waals surface area contributed by atoms with Gasteiger partial charge in [0.2, 0.25) is 5.88 Å². The number of methoxy groups -OCH3 is 1. The number of H-pyrrole nitrogens is 1. The molecule has 1 aliphatic carbocycles. The van der Waals surface area contributed by atoms with Gasteiger partial charge in [-0.15, -0.1) is 0 Å². The molecule has 5 rings (SSSR count). The summed E-state index contributed by atoms with van der Waals surface area (Å²) in [4.78, 5) is 30.0. The first-order valence-electron chi connectivity index (χ1n) is 14.0. The zero-order valence-corrected chi connectivity index (χ0v) is 24.6. The van der Waals surface area contributed by atoms with Crippen LogP contribution in [0.5, 0.6) is 5.88 Å². The fourth-order valence-electron chi connectivity index (χ4n) is 5.48. The Hall–Kier alpha value is -4.05. The van der Waals surface area contributed by atoms with Crippen molar-refractivity contribution < 1.29 is 14.6 Å². The number of halogens is 1. The van der Waals surface area contributed by atoms with Gasteiger partial charge in [0.15, 0.2) is 0 Å². The van der Waals surface area contributed by atoms with E-state index in [1.165, 1.54) is 6.20 Å². The minimum absolute atomic E-state index is 0.0171. The highest BCUT2D eigenvalue weighted by Crippen LogP contribution is 2.39. The molecule has 1 amide bonds. The molecule has 1 saturated carbocycles. The number of aliphatic hydroxyl groups is 1. The lowest BCUT2D eigenvalue weighted by atomic mass is 9.92. The number of aromatic amines is 1. The second kappa shape index (κ2) is 12.9. The number of amides is 1. The third-order valence-corrected chi connectivity index (χ3v) is 8.24. The number of anilines is 1. The third-order valence-electron chi connectivity index (χ3n) is 7.84. The summed E-state index contributed by atoms with van der Waals surface area (Å²) in [6, 6.07) is 15.2. The van der Waals surface area contributed by atoms with Crippen molar-refractivity contribution in [2.24, 2.45) is 0 Å². The summed E-state index contributed by atoms with van der Waals surface area (Å²) in [6.07, 6.45) is 5.04. The van der Waals surface area contributed by atoms with E-state index in [4.69, 9.17) is 21.3 Å². The van der Waals surface area contributed by atoms with Crippen LogP contribution in [-0.2, 0) is 6.54 Å². The number of benzene rings is 2. The largest absolute Gasteiger partial charge is 0.481 e. The number of carbonyl (C=O) groups excluding carboxylic acids is 1. The van der Waals surface area contributed by atoms with E-state index in [9.17, 15) is 14.7 Å². The van der Waals surface area contributed by atoms with Gasteiger partial charge in [0, 0.05) is 35.0 Å². The number of aryl methyl sites for hydroxylation is 1. The average Bonchev–Trinajstić information content (AvgIpc) is 2.98. The number of rotatable bonds is 8. The van der Waals surface area contributed by atoms with E-state index in [1.807, 2.05) is 49.4 Å². The molecule has 1 unspecified atom stereocenters. The number of nitrogens with zero attached hydrogens (tertiary/aromatic N) is 2. The molecular formula is C32H34ClN5O4. The lowest BCUT2D eigenvalue weighted by Crippen LogP contribution is -2.41. The standard InChI is InChI=1S/C32H34ClN5O4/c1-18-16-35-38-31(41)28(18)30(40)36-24-12-7-8-21(19(24)2)22-9-6-10-23(29(22)33)25-15-14-20(32(37-25)42-3)17-34-26-11-4-5-13-27(26)39/h6-10,12,14-16,26-27,34,39H,4-5,11,13,17H2,1-3H3,(H,36,40)(H,38,41)/t26?,27-/m0/s1. The summed E-state index contributed by atoms with van der Waals surface area (Å²) in [7, 11) is 1.59. The predicted molar refractivity (Wildman–Crippen MR) is 164 cm³/mol. The molecule has 42 heavy (non-hydrogen) atoms. The van der Waals surface area contributed by atoms with Crippen LogP contribution in [0.25, 0.3) is 22.4 Å². The molecule has 1 aliphatic rings. The van der Waals surface area contributed by atoms with E-state index in [2.05, 4.69) is 20.8 Å². The quantitative estimate of drug-likeness (QED) is 0.216. The minimum atomic E-state index is -0.548. The molecule has 2 heterocycles. The van der Waals surface area contributed by atoms with Gasteiger partial charge in [-0.25, -0.2) is 10.1 Å². The van der Waals surface area contributed by atoms with Crippen molar-refractivity contribution >= 4 is 23.2 Å². The summed E-state index contributed by atoms with van der Waals surface area (Å²) >= 11 is 7.00. The van der Waals surface area contributed by atoms with Crippen molar-refractivity contribution in [3.8, 4) is 28.3 Å². The Balaban J connectivity index is 1.42. The number of aromatic nitrogens is 3. The Morgan fingerprint density at radius 1 is 1.07 bits per heavy atom. The zero-order valence-electron chi connectivity index (χ0n) is 23.8. The number of aliphatic hydroxyl groups excluding tert-OH is 1. The smallest absolute Gasteiger partial charge is 0.277 e. The first-order valence-corrected chi connectivity index (χ1v) is 14.4. The van der Waals surface area contributed by atoms with Gasteiger partial charge in [-0.1, -0.05) is 60.8 Å². The highest BCUT2D eigenvalue weighted by atomic mass is 35.5. The molecule has 2 aromatic carbocycles. The number of ether oxygens (including phenoxy) is 1. The highest BCUT2D eigenvalue weighted by Gasteiger charge is 2.23. The van der Waals surface area contributed by atoms with E-state index in [0.29, 0.717) is 34.4 Å². The molecule has 0 saturated heterocycles. The maximum Gasteiger partial charge on any atom is 0.277 e. The minimum Gasteiger partial charge on any atom is -0.481 e. The SMILES string of the molecule is COc1nc(-c2cccc(-c3cccc(NC(=O)c4c(C)cn[nH]c4=O)c3C)c2Cl)ccc1CNC1CCCC[C@@H]1O. The van der Waals surface area contributed by atoms with Gasteiger partial charge >= 0.3 is 0 Å². The number of carbonyl (C=O) groups is 1. The van der Waals surface area contributed by atoms with Gasteiger partial charge in [-0.05, 0) is 55.5 Å². The Morgan fingerprint density at radius 3 is 2.57 bits per heavy atom. The molecule has 4 N–H and O–H groups in total. The van der Waals surface area contributed by atoms with Crippen molar-refractivity contribution in [1.82, 2.24) is 20.5 Å². The molecule has 218 valence electrons. The maximum absolute atomic E-state index is 13.0. The second-order valence-corrected chi connectivity index (χ2v) is 10.9. The van der Waals surface area contributed by atoms with Crippen molar-refractivity contribution in [3.63, 3.8) is 0 Å². The van der Waals surface area contributed by atoms with Gasteiger partial charge in [-0.3, -0.25) is 9.59 Å². The fraction of sp³-hybridized carbons (Fsp3) is 0.312. The summed E-state index contributed by atoms with van der Waals surface area (Å²) in [5.74, 6) is -0.0193. The van der Waals surface area contributed by atoms with Gasteiger partial charge in [-0.2, -0.15) is 5.10 Å². The first-order chi connectivity index (χ1) is 20.3. The number of pyridine rings is 1. The molecule has 0 bridgehead atoms. The summed E-state index contributed by atoms with van der Waals surface area (Å²) < 4.78 is 5.63. The van der Waals surface area contributed by atoms with Crippen LogP contribution in [0.2, 0.25) is 5.02 Å². The topological polar surface area (TPSA) is 129 Å². The van der Waals surface area contributed by atoms with Crippen LogP contribution < -0.4 is 20.9 Å². The zero-order chi connectivity index (χ0) is 29.8. The van der Waals surface area contributed by atoms with Crippen molar-refractivity contribution in [2.45, 2.75) is 58.2 Å². The van der Waals surface area contributed by atoms with E-state index in [0.717, 1.165) is 53.5 Å². The van der Waals surface area contributed by atoms with E-state index in [1.54, 1.807) is 20.1 Å². The van der Waals surface area contributed by atoms with E-state index >= 15 is 0 Å². The van der Waals surface area contributed by atoms with Crippen LogP contribution >= 0.6 is 11.6 Å². The molecule has 10 heteroatoms. The van der Waals surface area contributed by atoms with Gasteiger partial charge < -0.3 is 20.5 Å². The Bertz CT molecular complexity index is 1670. The molecule has 2 aromatic heterocycles. The van der Waals surface area contributed by atoms with Gasteiger partial charge in [0.1, 0.15) is 5.56 Å². The summed E-state index contributed by atoms with van der Waals surface area (Å²) in [5.41, 5.74) is 5.22. The van der Waals surface area contributed by atoms with Crippen molar-refractivity contribution in [3.05, 3.63) is 92.4 Å². The average molecular weight is 588 g/mol.